The Morgan fingerprint density at radius 2 is 2.14 bits per heavy atom. The fraction of sp³-hybridized carbons (Fsp3) is 0.357. The number of pyridine rings is 1. The van der Waals surface area contributed by atoms with Crippen molar-refractivity contribution in [2.24, 2.45) is 0 Å². The number of carbonyl (C=O) groups excluding carboxylic acids is 1. The number of hydrogen-bond acceptors (Lipinski definition) is 3. The Balaban J connectivity index is 1.80. The van der Waals surface area contributed by atoms with Gasteiger partial charge in [0.1, 0.15) is 5.65 Å². The van der Waals surface area contributed by atoms with Crippen LogP contribution in [-0.2, 0) is 11.3 Å². The first-order valence-electron chi connectivity index (χ1n) is 6.73. The lowest BCUT2D eigenvalue weighted by Gasteiger charge is -2.05. The van der Waals surface area contributed by atoms with Crippen LogP contribution in [0.2, 0.25) is 0 Å². The van der Waals surface area contributed by atoms with Gasteiger partial charge in [-0.25, -0.2) is 9.78 Å². The predicted octanol–water partition coefficient (Wildman–Crippen LogP) is 1.31. The maximum absolute atomic E-state index is 11.5. The summed E-state index contributed by atoms with van der Waals surface area (Å²) in [7, 11) is 0. The number of carboxylic acid groups (broad SMARTS) is 1. The van der Waals surface area contributed by atoms with Crippen molar-refractivity contribution in [3.8, 4) is 0 Å². The minimum atomic E-state index is -0.864. The summed E-state index contributed by atoms with van der Waals surface area (Å²) in [5.74, 6) is -0.864. The average Bonchev–Trinajstić information content (AvgIpc) is 2.86. The van der Waals surface area contributed by atoms with Crippen molar-refractivity contribution >= 4 is 17.6 Å². The molecule has 0 atom stereocenters. The molecule has 7 heteroatoms. The first-order valence-corrected chi connectivity index (χ1v) is 6.73. The Bertz CT molecular complexity index is 651. The number of rotatable bonds is 6. The molecule has 0 unspecified atom stereocenters. The van der Waals surface area contributed by atoms with Crippen LogP contribution in [0.3, 0.4) is 0 Å². The van der Waals surface area contributed by atoms with E-state index in [-0.39, 0.29) is 12.5 Å². The Hall–Kier alpha value is -2.57. The number of imidazole rings is 1. The van der Waals surface area contributed by atoms with Crippen molar-refractivity contribution in [1.82, 2.24) is 20.0 Å². The van der Waals surface area contributed by atoms with Crippen molar-refractivity contribution in [2.45, 2.75) is 26.3 Å². The van der Waals surface area contributed by atoms with Crippen molar-refractivity contribution in [2.75, 3.05) is 6.54 Å². The molecule has 0 saturated carbocycles. The fourth-order valence-electron chi connectivity index (χ4n) is 1.96. The summed E-state index contributed by atoms with van der Waals surface area (Å²) in [5, 5.41) is 13.8. The minimum absolute atomic E-state index is 0.0476. The van der Waals surface area contributed by atoms with Gasteiger partial charge < -0.3 is 20.1 Å². The number of carboxylic acids is 1. The predicted molar refractivity (Wildman–Crippen MR) is 77.0 cm³/mol. The van der Waals surface area contributed by atoms with E-state index in [0.29, 0.717) is 19.5 Å². The van der Waals surface area contributed by atoms with Crippen LogP contribution in [0.1, 0.15) is 24.2 Å². The van der Waals surface area contributed by atoms with Crippen LogP contribution in [0.15, 0.2) is 24.4 Å². The molecule has 0 aliphatic carbocycles. The molecular formula is C14H18N4O3. The Morgan fingerprint density at radius 3 is 2.86 bits per heavy atom. The molecule has 0 fully saturated rings. The van der Waals surface area contributed by atoms with Gasteiger partial charge in [-0.05, 0) is 25.5 Å². The fourth-order valence-corrected chi connectivity index (χ4v) is 1.96. The van der Waals surface area contributed by atoms with E-state index in [4.69, 9.17) is 5.11 Å². The summed E-state index contributed by atoms with van der Waals surface area (Å²) >= 11 is 0. The van der Waals surface area contributed by atoms with E-state index in [1.807, 2.05) is 35.7 Å². The van der Waals surface area contributed by atoms with Gasteiger partial charge in [0, 0.05) is 24.9 Å². The zero-order valence-corrected chi connectivity index (χ0v) is 11.8. The van der Waals surface area contributed by atoms with Crippen LogP contribution < -0.4 is 10.6 Å². The maximum atomic E-state index is 11.5. The molecule has 7 nitrogen and oxygen atoms in total. The Kier molecular flexibility index (Phi) is 4.76. The van der Waals surface area contributed by atoms with Gasteiger partial charge in [-0.2, -0.15) is 0 Å². The molecule has 0 aliphatic rings. The molecule has 2 aromatic heterocycles. The van der Waals surface area contributed by atoms with E-state index in [2.05, 4.69) is 15.6 Å². The smallest absolute Gasteiger partial charge is 0.315 e. The van der Waals surface area contributed by atoms with E-state index >= 15 is 0 Å². The molecule has 0 aliphatic heterocycles. The molecule has 2 rings (SSSR count). The summed E-state index contributed by atoms with van der Waals surface area (Å²) in [6.07, 6.45) is 2.34. The Labute approximate surface area is 122 Å². The van der Waals surface area contributed by atoms with Crippen molar-refractivity contribution in [3.63, 3.8) is 0 Å². The SMILES string of the molecule is Cc1cccc2nc(CNC(=O)NCCCC(=O)O)cn12. The summed E-state index contributed by atoms with van der Waals surface area (Å²) in [6.45, 7) is 2.65. The number of hydrogen-bond donors (Lipinski definition) is 3. The number of carbonyl (C=O) groups is 2. The third-order valence-electron chi connectivity index (χ3n) is 3.03. The number of nitrogens with one attached hydrogen (secondary N) is 2. The van der Waals surface area contributed by atoms with Gasteiger partial charge >= 0.3 is 12.0 Å². The molecule has 0 aromatic carbocycles. The zero-order chi connectivity index (χ0) is 15.2. The van der Waals surface area contributed by atoms with Crippen LogP contribution in [0.25, 0.3) is 5.65 Å². The lowest BCUT2D eigenvalue weighted by molar-refractivity contribution is -0.137. The first-order chi connectivity index (χ1) is 10.1. The topological polar surface area (TPSA) is 95.7 Å². The molecule has 0 spiro atoms. The normalized spacial score (nSPS) is 10.5. The van der Waals surface area contributed by atoms with Crippen LogP contribution in [0.5, 0.6) is 0 Å². The highest BCUT2D eigenvalue weighted by molar-refractivity contribution is 5.73. The van der Waals surface area contributed by atoms with Crippen molar-refractivity contribution in [3.05, 3.63) is 35.8 Å². The standard InChI is InChI=1S/C14H18N4O3/c1-10-4-2-5-12-17-11(9-18(10)12)8-16-14(21)15-7-3-6-13(19)20/h2,4-5,9H,3,6-8H2,1H3,(H,19,20)(H2,15,16,21). The molecule has 2 aromatic rings. The summed E-state index contributed by atoms with van der Waals surface area (Å²) < 4.78 is 1.96. The number of aromatic nitrogens is 2. The zero-order valence-electron chi connectivity index (χ0n) is 11.8. The van der Waals surface area contributed by atoms with Crippen molar-refractivity contribution in [1.29, 1.82) is 0 Å². The quantitative estimate of drug-likeness (QED) is 0.699. The molecule has 2 amide bonds. The van der Waals surface area contributed by atoms with E-state index in [1.165, 1.54) is 0 Å². The second-order valence-electron chi connectivity index (χ2n) is 4.73. The van der Waals surface area contributed by atoms with E-state index in [9.17, 15) is 9.59 Å². The number of urea groups is 1. The van der Waals surface area contributed by atoms with Gasteiger partial charge in [-0.1, -0.05) is 6.07 Å². The number of amides is 2. The van der Waals surface area contributed by atoms with E-state index in [0.717, 1.165) is 17.0 Å². The van der Waals surface area contributed by atoms with E-state index < -0.39 is 5.97 Å². The number of aryl methyl sites for hydroxylation is 1. The third-order valence-corrected chi connectivity index (χ3v) is 3.03. The van der Waals surface area contributed by atoms with Gasteiger partial charge in [0.2, 0.25) is 0 Å². The molecule has 0 bridgehead atoms. The van der Waals surface area contributed by atoms with Gasteiger partial charge in [-0.3, -0.25) is 4.79 Å². The highest BCUT2D eigenvalue weighted by atomic mass is 16.4. The molecule has 112 valence electrons. The lowest BCUT2D eigenvalue weighted by atomic mass is 10.3. The third kappa shape index (κ3) is 4.20. The number of fused-ring (bicyclic) bond motifs is 1. The molecule has 0 saturated heterocycles. The first kappa shape index (κ1) is 14.8. The molecule has 21 heavy (non-hydrogen) atoms. The van der Waals surface area contributed by atoms with Crippen LogP contribution in [-0.4, -0.2) is 33.0 Å². The number of aliphatic carboxylic acids is 1. The second-order valence-corrected chi connectivity index (χ2v) is 4.73. The summed E-state index contributed by atoms with van der Waals surface area (Å²) in [5.41, 5.74) is 2.68. The van der Waals surface area contributed by atoms with Gasteiger partial charge in [0.05, 0.1) is 12.2 Å². The monoisotopic (exact) mass is 290 g/mol. The largest absolute Gasteiger partial charge is 0.481 e. The molecule has 3 N–H and O–H groups in total. The molecule has 0 radical (unpaired) electrons. The Morgan fingerprint density at radius 1 is 1.33 bits per heavy atom. The number of nitrogens with zero attached hydrogens (tertiary/aromatic N) is 2. The minimum Gasteiger partial charge on any atom is -0.481 e. The van der Waals surface area contributed by atoms with E-state index in [1.54, 1.807) is 0 Å². The van der Waals surface area contributed by atoms with Gasteiger partial charge in [0.25, 0.3) is 0 Å². The van der Waals surface area contributed by atoms with Gasteiger partial charge in [0.15, 0.2) is 0 Å². The van der Waals surface area contributed by atoms with Crippen LogP contribution >= 0.6 is 0 Å². The lowest BCUT2D eigenvalue weighted by Crippen LogP contribution is -2.35. The highest BCUT2D eigenvalue weighted by Gasteiger charge is 2.05. The molecule has 2 heterocycles. The van der Waals surface area contributed by atoms with Crippen molar-refractivity contribution < 1.29 is 14.7 Å². The van der Waals surface area contributed by atoms with Crippen LogP contribution in [0.4, 0.5) is 4.79 Å². The molecular weight excluding hydrogens is 272 g/mol. The van der Waals surface area contributed by atoms with Gasteiger partial charge in [-0.15, -0.1) is 0 Å². The summed E-state index contributed by atoms with van der Waals surface area (Å²) in [4.78, 5) is 26.3. The maximum Gasteiger partial charge on any atom is 0.315 e. The average molecular weight is 290 g/mol. The highest BCUT2D eigenvalue weighted by Crippen LogP contribution is 2.08. The second kappa shape index (κ2) is 6.74. The summed E-state index contributed by atoms with van der Waals surface area (Å²) in [6, 6.07) is 5.50. The van der Waals surface area contributed by atoms with Crippen LogP contribution in [0, 0.1) is 6.92 Å².